The fraction of sp³-hybridized carbons (Fsp3) is 0. The average Bonchev–Trinajstić information content (AvgIpc) is 2.42. The zero-order valence-electron chi connectivity index (χ0n) is 10.7. The van der Waals surface area contributed by atoms with E-state index < -0.39 is 17.8 Å². The van der Waals surface area contributed by atoms with Gasteiger partial charge in [-0.05, 0) is 44.0 Å². The van der Waals surface area contributed by atoms with Gasteiger partial charge in [0.05, 0.1) is 20.3 Å². The molecule has 0 aliphatic rings. The Morgan fingerprint density at radius 3 is 1.59 bits per heavy atom. The van der Waals surface area contributed by atoms with Gasteiger partial charge in [-0.25, -0.2) is 13.6 Å². The van der Waals surface area contributed by atoms with Gasteiger partial charge in [-0.15, -0.1) is 0 Å². The SMILES string of the molecule is Nc1cc(OC(=O)Oc2cc(N)c(F)cc2Br)c(Br)cc1F. The van der Waals surface area contributed by atoms with E-state index in [4.69, 9.17) is 20.9 Å². The van der Waals surface area contributed by atoms with Crippen LogP contribution in [-0.2, 0) is 0 Å². The van der Waals surface area contributed by atoms with E-state index in [1.165, 1.54) is 0 Å². The summed E-state index contributed by atoms with van der Waals surface area (Å²) in [6, 6.07) is 4.33. The van der Waals surface area contributed by atoms with Gasteiger partial charge in [0.1, 0.15) is 11.6 Å². The zero-order valence-corrected chi connectivity index (χ0v) is 13.9. The topological polar surface area (TPSA) is 87.6 Å². The molecular formula is C13H8Br2F2N2O3. The summed E-state index contributed by atoms with van der Waals surface area (Å²) in [7, 11) is 0. The van der Waals surface area contributed by atoms with Crippen molar-refractivity contribution < 1.29 is 23.0 Å². The average molecular weight is 438 g/mol. The maximum absolute atomic E-state index is 13.2. The number of ether oxygens (including phenoxy) is 2. The van der Waals surface area contributed by atoms with Crippen LogP contribution in [0.25, 0.3) is 0 Å². The van der Waals surface area contributed by atoms with E-state index in [0.717, 1.165) is 24.3 Å². The third-order valence-corrected chi connectivity index (χ3v) is 3.73. The molecule has 22 heavy (non-hydrogen) atoms. The number of halogens is 4. The monoisotopic (exact) mass is 436 g/mol. The van der Waals surface area contributed by atoms with E-state index in [2.05, 4.69) is 31.9 Å². The first-order valence-electron chi connectivity index (χ1n) is 5.66. The minimum Gasteiger partial charge on any atom is -0.396 e. The van der Waals surface area contributed by atoms with Gasteiger partial charge in [0, 0.05) is 12.1 Å². The van der Waals surface area contributed by atoms with Crippen molar-refractivity contribution in [3.05, 3.63) is 44.8 Å². The van der Waals surface area contributed by atoms with Crippen LogP contribution >= 0.6 is 31.9 Å². The lowest BCUT2D eigenvalue weighted by Crippen LogP contribution is -2.15. The molecule has 2 aromatic carbocycles. The van der Waals surface area contributed by atoms with Crippen molar-refractivity contribution >= 4 is 49.4 Å². The van der Waals surface area contributed by atoms with Crippen molar-refractivity contribution in [1.82, 2.24) is 0 Å². The molecule has 0 bridgehead atoms. The molecule has 4 N–H and O–H groups in total. The van der Waals surface area contributed by atoms with Gasteiger partial charge in [-0.2, -0.15) is 0 Å². The van der Waals surface area contributed by atoms with Gasteiger partial charge in [0.25, 0.3) is 0 Å². The van der Waals surface area contributed by atoms with Crippen molar-refractivity contribution in [2.24, 2.45) is 0 Å². The number of hydrogen-bond acceptors (Lipinski definition) is 5. The van der Waals surface area contributed by atoms with E-state index in [0.29, 0.717) is 0 Å². The quantitative estimate of drug-likeness (QED) is 0.417. The maximum atomic E-state index is 13.2. The molecule has 0 aliphatic carbocycles. The Kier molecular flexibility index (Phi) is 4.87. The lowest BCUT2D eigenvalue weighted by atomic mass is 10.3. The van der Waals surface area contributed by atoms with Gasteiger partial charge in [0.2, 0.25) is 0 Å². The molecule has 0 saturated heterocycles. The highest BCUT2D eigenvalue weighted by Crippen LogP contribution is 2.32. The first-order chi connectivity index (χ1) is 10.3. The van der Waals surface area contributed by atoms with E-state index >= 15 is 0 Å². The molecule has 0 atom stereocenters. The summed E-state index contributed by atoms with van der Waals surface area (Å²) in [5.74, 6) is -1.39. The third-order valence-electron chi connectivity index (χ3n) is 2.49. The van der Waals surface area contributed by atoms with Gasteiger partial charge in [0.15, 0.2) is 11.5 Å². The fourth-order valence-corrected chi connectivity index (χ4v) is 2.24. The highest BCUT2D eigenvalue weighted by Gasteiger charge is 2.16. The largest absolute Gasteiger partial charge is 0.519 e. The van der Waals surface area contributed by atoms with Crippen molar-refractivity contribution in [3.8, 4) is 11.5 Å². The number of carbonyl (C=O) groups excluding carboxylic acids is 1. The summed E-state index contributed by atoms with van der Waals surface area (Å²) in [5.41, 5.74) is 10.4. The molecule has 0 saturated carbocycles. The zero-order chi connectivity index (χ0) is 16.4. The molecular weight excluding hydrogens is 430 g/mol. The predicted molar refractivity (Wildman–Crippen MR) is 83.7 cm³/mol. The van der Waals surface area contributed by atoms with Crippen LogP contribution in [0.2, 0.25) is 0 Å². The summed E-state index contributed by atoms with van der Waals surface area (Å²) >= 11 is 6.05. The van der Waals surface area contributed by atoms with Crippen LogP contribution in [0.5, 0.6) is 11.5 Å². The number of rotatable bonds is 2. The number of anilines is 2. The summed E-state index contributed by atoms with van der Waals surface area (Å²) < 4.78 is 36.5. The van der Waals surface area contributed by atoms with Crippen LogP contribution in [0.1, 0.15) is 0 Å². The third kappa shape index (κ3) is 3.66. The molecule has 2 aromatic rings. The van der Waals surface area contributed by atoms with Crippen LogP contribution in [0.3, 0.4) is 0 Å². The highest BCUT2D eigenvalue weighted by molar-refractivity contribution is 9.10. The van der Waals surface area contributed by atoms with Crippen molar-refractivity contribution in [3.63, 3.8) is 0 Å². The molecule has 5 nitrogen and oxygen atoms in total. The second-order valence-electron chi connectivity index (χ2n) is 4.06. The first kappa shape index (κ1) is 16.5. The molecule has 0 unspecified atom stereocenters. The Balaban J connectivity index is 2.17. The van der Waals surface area contributed by atoms with Gasteiger partial charge >= 0.3 is 6.16 Å². The van der Waals surface area contributed by atoms with Crippen molar-refractivity contribution in [2.75, 3.05) is 11.5 Å². The normalized spacial score (nSPS) is 10.4. The lowest BCUT2D eigenvalue weighted by Gasteiger charge is -2.10. The van der Waals surface area contributed by atoms with E-state index in [-0.39, 0.29) is 31.8 Å². The maximum Gasteiger partial charge on any atom is 0.519 e. The second-order valence-corrected chi connectivity index (χ2v) is 5.77. The van der Waals surface area contributed by atoms with Gasteiger partial charge in [-0.1, -0.05) is 0 Å². The highest BCUT2D eigenvalue weighted by atomic mass is 79.9. The van der Waals surface area contributed by atoms with Crippen LogP contribution in [0.4, 0.5) is 25.0 Å². The van der Waals surface area contributed by atoms with E-state index in [1.807, 2.05) is 0 Å². The van der Waals surface area contributed by atoms with Gasteiger partial charge < -0.3 is 20.9 Å². The smallest absolute Gasteiger partial charge is 0.396 e. The molecule has 9 heteroatoms. The second kappa shape index (κ2) is 6.49. The summed E-state index contributed by atoms with van der Waals surface area (Å²) in [5, 5.41) is 0. The Labute approximate surface area is 140 Å². The molecule has 0 radical (unpaired) electrons. The minimum atomic E-state index is -1.13. The van der Waals surface area contributed by atoms with Crippen LogP contribution in [0, 0.1) is 11.6 Å². The fourth-order valence-electron chi connectivity index (χ4n) is 1.45. The molecule has 0 fully saturated rings. The Bertz CT molecular complexity index is 695. The standard InChI is InChI=1S/C13H8Br2F2N2O3/c14-5-1-7(16)9(18)3-11(5)21-13(20)22-12-4-10(19)8(17)2-6(12)15/h1-4H,18-19H2. The van der Waals surface area contributed by atoms with Crippen molar-refractivity contribution in [1.29, 1.82) is 0 Å². The van der Waals surface area contributed by atoms with Crippen LogP contribution in [0.15, 0.2) is 33.2 Å². The molecule has 0 amide bonds. The molecule has 0 aliphatic heterocycles. The summed E-state index contributed by atoms with van der Waals surface area (Å²) in [6.45, 7) is 0. The van der Waals surface area contributed by atoms with Crippen LogP contribution < -0.4 is 20.9 Å². The predicted octanol–water partition coefficient (Wildman–Crippen LogP) is 4.23. The van der Waals surface area contributed by atoms with Gasteiger partial charge in [-0.3, -0.25) is 0 Å². The molecule has 2 rings (SSSR count). The number of nitrogens with two attached hydrogens (primary N) is 2. The van der Waals surface area contributed by atoms with E-state index in [1.54, 1.807) is 0 Å². The Morgan fingerprint density at radius 2 is 1.23 bits per heavy atom. The van der Waals surface area contributed by atoms with E-state index in [9.17, 15) is 13.6 Å². The summed E-state index contributed by atoms with van der Waals surface area (Å²) in [4.78, 5) is 11.7. The number of nitrogen functional groups attached to an aromatic ring is 2. The van der Waals surface area contributed by atoms with Crippen LogP contribution in [-0.4, -0.2) is 6.16 Å². The summed E-state index contributed by atoms with van der Waals surface area (Å²) in [6.07, 6.45) is -1.13. The Morgan fingerprint density at radius 1 is 0.864 bits per heavy atom. The molecule has 0 heterocycles. The molecule has 116 valence electrons. The number of carbonyl (C=O) groups is 1. The van der Waals surface area contributed by atoms with Crippen molar-refractivity contribution in [2.45, 2.75) is 0 Å². The molecule has 0 spiro atoms. The minimum absolute atomic E-state index is 0.0323. The first-order valence-corrected chi connectivity index (χ1v) is 7.25. The molecule has 0 aromatic heterocycles. The Hall–Kier alpha value is -1.87. The number of hydrogen-bond donors (Lipinski definition) is 2. The number of benzene rings is 2. The lowest BCUT2D eigenvalue weighted by molar-refractivity contribution is 0.151.